The number of rotatable bonds is 6. The van der Waals surface area contributed by atoms with Gasteiger partial charge in [-0.1, -0.05) is 25.6 Å². The first-order valence-corrected chi connectivity index (χ1v) is 10.7. The van der Waals surface area contributed by atoms with Crippen LogP contribution in [0.15, 0.2) is 5.03 Å². The molecule has 0 amide bonds. The minimum atomic E-state index is -0.299. The molecule has 0 spiro atoms. The van der Waals surface area contributed by atoms with Crippen LogP contribution in [0.4, 0.5) is 5.82 Å². The van der Waals surface area contributed by atoms with Gasteiger partial charge in [-0.15, -0.1) is 0 Å². The number of pyridine rings is 1. The first kappa shape index (κ1) is 20.9. The maximum Gasteiger partial charge on any atom is 0.316 e. The molecule has 1 aromatic heterocycles. The van der Waals surface area contributed by atoms with Crippen molar-refractivity contribution in [3.05, 3.63) is 16.7 Å². The average molecular weight is 406 g/mol. The molecule has 0 bridgehead atoms. The molecule has 28 heavy (non-hydrogen) atoms. The van der Waals surface area contributed by atoms with Crippen molar-refractivity contribution in [1.82, 2.24) is 4.98 Å². The highest BCUT2D eigenvalue weighted by molar-refractivity contribution is 7.99. The molecule has 0 unspecified atom stereocenters. The van der Waals surface area contributed by atoms with Gasteiger partial charge in [0.25, 0.3) is 0 Å². The first-order valence-electron chi connectivity index (χ1n) is 9.73. The molecular formula is C20H27N3O4S. The highest BCUT2D eigenvalue weighted by atomic mass is 32.2. The van der Waals surface area contributed by atoms with Crippen LogP contribution in [-0.2, 0) is 32.0 Å². The minimum Gasteiger partial charge on any atom is -0.465 e. The Morgan fingerprint density at radius 3 is 2.79 bits per heavy atom. The summed E-state index contributed by atoms with van der Waals surface area (Å²) in [5.41, 5.74) is 2.57. The van der Waals surface area contributed by atoms with E-state index < -0.39 is 0 Å². The van der Waals surface area contributed by atoms with Crippen LogP contribution in [0.2, 0.25) is 0 Å². The second-order valence-corrected chi connectivity index (χ2v) is 8.14. The van der Waals surface area contributed by atoms with Crippen LogP contribution in [0.5, 0.6) is 0 Å². The summed E-state index contributed by atoms with van der Waals surface area (Å²) in [7, 11) is 0. The van der Waals surface area contributed by atoms with E-state index in [1.54, 1.807) is 6.92 Å². The molecule has 8 heteroatoms. The molecule has 3 rings (SSSR count). The molecule has 0 aromatic carbocycles. The molecule has 0 radical (unpaired) electrons. The fourth-order valence-corrected chi connectivity index (χ4v) is 4.28. The van der Waals surface area contributed by atoms with Crippen LogP contribution in [-0.4, -0.2) is 55.7 Å². The fourth-order valence-electron chi connectivity index (χ4n) is 3.48. The number of fused-ring (bicyclic) bond motifs is 1. The highest BCUT2D eigenvalue weighted by Crippen LogP contribution is 2.37. The molecule has 3 heterocycles. The number of morpholine rings is 1. The van der Waals surface area contributed by atoms with E-state index in [1.165, 1.54) is 11.8 Å². The zero-order valence-electron chi connectivity index (χ0n) is 16.7. The number of thioether (sulfide) groups is 1. The van der Waals surface area contributed by atoms with Crippen LogP contribution in [0.25, 0.3) is 0 Å². The normalized spacial score (nSPS) is 19.2. The van der Waals surface area contributed by atoms with E-state index in [-0.39, 0.29) is 17.8 Å². The summed E-state index contributed by atoms with van der Waals surface area (Å²) in [6.45, 7) is 9.63. The highest BCUT2D eigenvalue weighted by Gasteiger charge is 2.31. The largest absolute Gasteiger partial charge is 0.465 e. The van der Waals surface area contributed by atoms with Crippen LogP contribution in [0.3, 0.4) is 0 Å². The van der Waals surface area contributed by atoms with Gasteiger partial charge in [0.05, 0.1) is 43.8 Å². The molecule has 1 saturated heterocycles. The summed E-state index contributed by atoms with van der Waals surface area (Å²) in [5.74, 6) is 1.05. The van der Waals surface area contributed by atoms with Crippen molar-refractivity contribution in [3.63, 3.8) is 0 Å². The van der Waals surface area contributed by atoms with E-state index in [1.807, 2.05) is 0 Å². The van der Waals surface area contributed by atoms with Crippen molar-refractivity contribution in [2.45, 2.75) is 44.9 Å². The Kier molecular flexibility index (Phi) is 7.16. The third-order valence-corrected chi connectivity index (χ3v) is 5.95. The van der Waals surface area contributed by atoms with Gasteiger partial charge in [0.15, 0.2) is 0 Å². The van der Waals surface area contributed by atoms with Gasteiger partial charge in [-0.3, -0.25) is 4.79 Å². The van der Waals surface area contributed by atoms with E-state index in [9.17, 15) is 10.1 Å². The topological polar surface area (TPSA) is 84.7 Å². The van der Waals surface area contributed by atoms with E-state index >= 15 is 0 Å². The van der Waals surface area contributed by atoms with Crippen molar-refractivity contribution < 1.29 is 19.0 Å². The number of hydrogen-bond donors (Lipinski definition) is 0. The lowest BCUT2D eigenvalue weighted by Gasteiger charge is -2.35. The number of ether oxygens (including phenoxy) is 3. The number of nitriles is 1. The number of nitrogens with zero attached hydrogens (tertiary/aromatic N) is 3. The summed E-state index contributed by atoms with van der Waals surface area (Å²) < 4.78 is 16.6. The molecule has 0 aliphatic carbocycles. The van der Waals surface area contributed by atoms with Gasteiger partial charge in [0.1, 0.15) is 16.9 Å². The second kappa shape index (κ2) is 9.59. The van der Waals surface area contributed by atoms with E-state index in [4.69, 9.17) is 19.2 Å². The summed E-state index contributed by atoms with van der Waals surface area (Å²) in [5, 5.41) is 10.5. The molecule has 1 atom stereocenters. The van der Waals surface area contributed by atoms with Gasteiger partial charge in [-0.05, 0) is 18.4 Å². The van der Waals surface area contributed by atoms with E-state index in [0.29, 0.717) is 49.4 Å². The van der Waals surface area contributed by atoms with Crippen molar-refractivity contribution >= 4 is 23.5 Å². The third kappa shape index (κ3) is 4.59. The average Bonchev–Trinajstić information content (AvgIpc) is 2.71. The predicted octanol–water partition coefficient (Wildman–Crippen LogP) is 2.54. The Labute approximate surface area is 170 Å². The van der Waals surface area contributed by atoms with E-state index in [0.717, 1.165) is 30.0 Å². The molecule has 0 saturated carbocycles. The Morgan fingerprint density at radius 1 is 1.39 bits per heavy atom. The lowest BCUT2D eigenvalue weighted by molar-refractivity contribution is -0.139. The number of hydrogen-bond acceptors (Lipinski definition) is 8. The molecule has 2 aliphatic rings. The Morgan fingerprint density at radius 2 is 2.14 bits per heavy atom. The molecule has 7 nitrogen and oxygen atoms in total. The maximum atomic E-state index is 11.8. The lowest BCUT2D eigenvalue weighted by Crippen LogP contribution is -2.39. The Hall–Kier alpha value is -1.82. The zero-order valence-corrected chi connectivity index (χ0v) is 17.5. The summed E-state index contributed by atoms with van der Waals surface area (Å²) in [6, 6.07) is 2.33. The number of carbonyl (C=O) groups is 1. The number of anilines is 1. The van der Waals surface area contributed by atoms with E-state index in [2.05, 4.69) is 24.8 Å². The molecular weight excluding hydrogens is 378 g/mol. The van der Waals surface area contributed by atoms with Gasteiger partial charge in [-0.25, -0.2) is 4.98 Å². The quantitative estimate of drug-likeness (QED) is 0.527. The predicted molar refractivity (Wildman–Crippen MR) is 106 cm³/mol. The summed E-state index contributed by atoms with van der Waals surface area (Å²) >= 11 is 1.27. The number of carbonyl (C=O) groups excluding carboxylic acids is 1. The van der Waals surface area contributed by atoms with Crippen LogP contribution < -0.4 is 4.90 Å². The summed E-state index contributed by atoms with van der Waals surface area (Å²) in [4.78, 5) is 18.8. The fraction of sp³-hybridized carbons (Fsp3) is 0.650. The van der Waals surface area contributed by atoms with Crippen LogP contribution in [0.1, 0.15) is 37.5 Å². The minimum absolute atomic E-state index is 0.0717. The second-order valence-electron chi connectivity index (χ2n) is 7.18. The van der Waals surface area contributed by atoms with Crippen molar-refractivity contribution in [2.24, 2.45) is 5.92 Å². The third-order valence-electron chi connectivity index (χ3n) is 5.00. The van der Waals surface area contributed by atoms with Crippen molar-refractivity contribution in [3.8, 4) is 6.07 Å². The monoisotopic (exact) mass is 405 g/mol. The Bertz CT molecular complexity index is 757. The molecule has 152 valence electrons. The first-order chi connectivity index (χ1) is 13.5. The summed E-state index contributed by atoms with van der Waals surface area (Å²) in [6.07, 6.45) is 0.755. The van der Waals surface area contributed by atoms with Gasteiger partial charge in [0, 0.05) is 25.1 Å². The number of esters is 1. The van der Waals surface area contributed by atoms with Crippen molar-refractivity contribution in [2.75, 3.05) is 43.6 Å². The van der Waals surface area contributed by atoms with Gasteiger partial charge in [-0.2, -0.15) is 5.26 Å². The van der Waals surface area contributed by atoms with Crippen LogP contribution in [0, 0.1) is 17.2 Å². The molecule has 1 aromatic rings. The van der Waals surface area contributed by atoms with Crippen LogP contribution >= 0.6 is 11.8 Å². The van der Waals surface area contributed by atoms with Crippen molar-refractivity contribution in [1.29, 1.82) is 5.26 Å². The molecule has 2 aliphatic heterocycles. The van der Waals surface area contributed by atoms with Gasteiger partial charge < -0.3 is 19.1 Å². The SMILES string of the molecule is CCOC(=O)CSc1nc(N2CCOCC2)c2c(c1C#N)C[C@@H](C(C)C)OC2. The lowest BCUT2D eigenvalue weighted by atomic mass is 9.91. The smallest absolute Gasteiger partial charge is 0.316 e. The Balaban J connectivity index is 2.00. The zero-order chi connectivity index (χ0) is 20.1. The van der Waals surface area contributed by atoms with Gasteiger partial charge >= 0.3 is 5.97 Å². The maximum absolute atomic E-state index is 11.8. The molecule has 1 fully saturated rings. The standard InChI is InChI=1S/C20H27N3O4S/c1-4-26-18(24)12-28-20-15(10-21)14-9-17(13(2)3)27-11-16(14)19(22-20)23-5-7-25-8-6-23/h13,17H,4-9,11-12H2,1-3H3/t17-/m0/s1. The van der Waals surface area contributed by atoms with Gasteiger partial charge in [0.2, 0.25) is 0 Å². The molecule has 0 N–H and O–H groups in total. The number of aromatic nitrogens is 1.